The van der Waals surface area contributed by atoms with Crippen molar-refractivity contribution in [3.8, 4) is 0 Å². The Hall–Kier alpha value is -2.37. The smallest absolute Gasteiger partial charge is 0.323 e. The van der Waals surface area contributed by atoms with E-state index in [0.29, 0.717) is 6.42 Å². The van der Waals surface area contributed by atoms with Crippen molar-refractivity contribution in [3.05, 3.63) is 35.3 Å². The lowest BCUT2D eigenvalue weighted by atomic mass is 9.80. The van der Waals surface area contributed by atoms with Crippen LogP contribution in [0.3, 0.4) is 0 Å². The lowest BCUT2D eigenvalue weighted by Crippen LogP contribution is -2.38. The highest BCUT2D eigenvalue weighted by Gasteiger charge is 2.30. The summed E-state index contributed by atoms with van der Waals surface area (Å²) in [6.45, 7) is 3.67. The molecule has 6 heteroatoms. The number of rotatable bonds is 5. The maximum Gasteiger partial charge on any atom is 0.323 e. The summed E-state index contributed by atoms with van der Waals surface area (Å²) in [6.07, 6.45) is 4.16. The third-order valence-corrected chi connectivity index (χ3v) is 5.98. The van der Waals surface area contributed by atoms with Crippen LogP contribution in [-0.2, 0) is 16.1 Å². The third kappa shape index (κ3) is 3.70. The van der Waals surface area contributed by atoms with Crippen molar-refractivity contribution in [1.82, 2.24) is 9.47 Å². The summed E-state index contributed by atoms with van der Waals surface area (Å²) in [7, 11) is 1.87. The van der Waals surface area contributed by atoms with Crippen molar-refractivity contribution in [2.75, 3.05) is 7.05 Å². The average Bonchev–Trinajstić information content (AvgIpc) is 2.91. The van der Waals surface area contributed by atoms with Crippen LogP contribution < -0.4 is 0 Å². The topological polar surface area (TPSA) is 62.5 Å². The fourth-order valence-electron chi connectivity index (χ4n) is 4.54. The van der Waals surface area contributed by atoms with E-state index in [1.807, 2.05) is 25.8 Å². The third-order valence-electron chi connectivity index (χ3n) is 5.98. The van der Waals surface area contributed by atoms with Crippen molar-refractivity contribution in [2.45, 2.75) is 64.5 Å². The maximum atomic E-state index is 13.9. The molecule has 1 N–H and O–H groups in total. The molecule has 1 aliphatic rings. The van der Waals surface area contributed by atoms with Gasteiger partial charge in [-0.15, -0.1) is 0 Å². The van der Waals surface area contributed by atoms with Crippen LogP contribution in [0.5, 0.6) is 0 Å². The van der Waals surface area contributed by atoms with Crippen molar-refractivity contribution in [1.29, 1.82) is 0 Å². The first-order chi connectivity index (χ1) is 12.8. The van der Waals surface area contributed by atoms with Gasteiger partial charge in [0.1, 0.15) is 12.4 Å². The Morgan fingerprint density at radius 1 is 1.26 bits per heavy atom. The average molecular weight is 374 g/mol. The van der Waals surface area contributed by atoms with Gasteiger partial charge in [-0.3, -0.25) is 9.59 Å². The number of fused-ring (bicyclic) bond motifs is 1. The summed E-state index contributed by atoms with van der Waals surface area (Å²) in [5.41, 5.74) is 2.74. The molecule has 1 aliphatic carbocycles. The van der Waals surface area contributed by atoms with E-state index < -0.39 is 5.97 Å². The van der Waals surface area contributed by atoms with Gasteiger partial charge in [0, 0.05) is 36.1 Å². The van der Waals surface area contributed by atoms with E-state index in [2.05, 4.69) is 0 Å². The predicted molar refractivity (Wildman–Crippen MR) is 102 cm³/mol. The second-order valence-corrected chi connectivity index (χ2v) is 7.50. The first-order valence-corrected chi connectivity index (χ1v) is 9.59. The molecule has 0 spiro atoms. The van der Waals surface area contributed by atoms with Gasteiger partial charge in [0.2, 0.25) is 5.91 Å². The van der Waals surface area contributed by atoms with E-state index >= 15 is 0 Å². The Morgan fingerprint density at radius 2 is 1.93 bits per heavy atom. The van der Waals surface area contributed by atoms with Crippen molar-refractivity contribution < 1.29 is 19.1 Å². The van der Waals surface area contributed by atoms with Crippen molar-refractivity contribution in [2.24, 2.45) is 0 Å². The molecule has 3 rings (SSSR count). The molecule has 1 aromatic carbocycles. The predicted octanol–water partition coefficient (Wildman–Crippen LogP) is 4.07. The first kappa shape index (κ1) is 19.4. The number of aliphatic carboxylic acids is 1. The maximum absolute atomic E-state index is 13.9. The van der Waals surface area contributed by atoms with Gasteiger partial charge in [-0.05, 0) is 62.3 Å². The second kappa shape index (κ2) is 7.71. The van der Waals surface area contributed by atoms with Crippen LogP contribution >= 0.6 is 0 Å². The zero-order valence-corrected chi connectivity index (χ0v) is 16.2. The Morgan fingerprint density at radius 3 is 2.52 bits per heavy atom. The number of amides is 1. The largest absolute Gasteiger partial charge is 0.480 e. The Bertz CT molecular complexity index is 866. The van der Waals surface area contributed by atoms with Gasteiger partial charge in [0.05, 0.1) is 0 Å². The second-order valence-electron chi connectivity index (χ2n) is 7.50. The molecule has 0 aliphatic heterocycles. The molecule has 5 nitrogen and oxygen atoms in total. The minimum atomic E-state index is -0.908. The van der Waals surface area contributed by atoms with Crippen molar-refractivity contribution >= 4 is 22.8 Å². The number of carbonyl (C=O) groups excluding carboxylic acids is 1. The molecule has 146 valence electrons. The molecule has 2 aromatic rings. The summed E-state index contributed by atoms with van der Waals surface area (Å²) < 4.78 is 15.7. The van der Waals surface area contributed by atoms with E-state index in [-0.39, 0.29) is 30.2 Å². The highest BCUT2D eigenvalue weighted by molar-refractivity contribution is 5.87. The SMILES string of the molecule is CCC(=O)N(C)C1CCC(c2c(C)n(CC(=O)O)c3ccc(F)cc23)CC1. The fraction of sp³-hybridized carbons (Fsp3) is 0.524. The molecule has 0 atom stereocenters. The molecule has 1 heterocycles. The monoisotopic (exact) mass is 374 g/mol. The minimum absolute atomic E-state index is 0.128. The summed E-state index contributed by atoms with van der Waals surface area (Å²) in [4.78, 5) is 25.1. The Kier molecular flexibility index (Phi) is 5.53. The van der Waals surface area contributed by atoms with Gasteiger partial charge in [0.15, 0.2) is 0 Å². The van der Waals surface area contributed by atoms with Gasteiger partial charge < -0.3 is 14.6 Å². The molecule has 0 radical (unpaired) electrons. The Labute approximate surface area is 158 Å². The number of carboxylic acids is 1. The lowest BCUT2D eigenvalue weighted by molar-refractivity contribution is -0.137. The summed E-state index contributed by atoms with van der Waals surface area (Å²) >= 11 is 0. The van der Waals surface area contributed by atoms with Crippen LogP contribution in [0.4, 0.5) is 4.39 Å². The van der Waals surface area contributed by atoms with Gasteiger partial charge >= 0.3 is 5.97 Å². The van der Waals surface area contributed by atoms with Gasteiger partial charge in [-0.25, -0.2) is 4.39 Å². The van der Waals surface area contributed by atoms with Crippen LogP contribution in [-0.4, -0.2) is 39.5 Å². The molecule has 1 fully saturated rings. The standard InChI is InChI=1S/C21H27FN2O3/c1-4-19(25)23(3)16-8-5-14(6-9-16)21-13(2)24(12-20(26)27)18-10-7-15(22)11-17(18)21/h7,10-11,14,16H,4-6,8-9,12H2,1-3H3,(H,26,27). The molecule has 1 amide bonds. The van der Waals surface area contributed by atoms with Gasteiger partial charge in [-0.1, -0.05) is 6.92 Å². The molecule has 0 saturated heterocycles. The van der Waals surface area contributed by atoms with E-state index in [4.69, 9.17) is 0 Å². The number of benzene rings is 1. The number of aromatic nitrogens is 1. The quantitative estimate of drug-likeness (QED) is 0.858. The van der Waals surface area contributed by atoms with E-state index in [9.17, 15) is 19.1 Å². The van der Waals surface area contributed by atoms with Gasteiger partial charge in [-0.2, -0.15) is 0 Å². The van der Waals surface area contributed by atoms with Crippen LogP contribution in [0.1, 0.15) is 56.2 Å². The number of carbonyl (C=O) groups is 2. The number of hydrogen-bond donors (Lipinski definition) is 1. The normalized spacial score (nSPS) is 20.0. The van der Waals surface area contributed by atoms with Crippen LogP contribution in [0.25, 0.3) is 10.9 Å². The molecular formula is C21H27FN2O3. The van der Waals surface area contributed by atoms with E-state index in [1.165, 1.54) is 12.1 Å². The van der Waals surface area contributed by atoms with E-state index in [0.717, 1.165) is 47.8 Å². The highest BCUT2D eigenvalue weighted by Crippen LogP contribution is 2.41. The van der Waals surface area contributed by atoms with Crippen LogP contribution in [0.2, 0.25) is 0 Å². The number of carboxylic acid groups (broad SMARTS) is 1. The van der Waals surface area contributed by atoms with E-state index in [1.54, 1.807) is 10.6 Å². The van der Waals surface area contributed by atoms with Crippen molar-refractivity contribution in [3.63, 3.8) is 0 Å². The lowest BCUT2D eigenvalue weighted by Gasteiger charge is -2.35. The van der Waals surface area contributed by atoms with Crippen LogP contribution in [0.15, 0.2) is 18.2 Å². The van der Waals surface area contributed by atoms with Crippen LogP contribution in [0, 0.1) is 12.7 Å². The fourth-order valence-corrected chi connectivity index (χ4v) is 4.54. The summed E-state index contributed by atoms with van der Waals surface area (Å²) in [5, 5.41) is 10.1. The molecule has 1 saturated carbocycles. The first-order valence-electron chi connectivity index (χ1n) is 9.59. The number of halogens is 1. The summed E-state index contributed by atoms with van der Waals surface area (Å²) in [5.74, 6) is -0.798. The minimum Gasteiger partial charge on any atom is -0.480 e. The Balaban J connectivity index is 1.91. The zero-order chi connectivity index (χ0) is 19.7. The number of nitrogens with zero attached hydrogens (tertiary/aromatic N) is 2. The molecular weight excluding hydrogens is 347 g/mol. The highest BCUT2D eigenvalue weighted by atomic mass is 19.1. The summed E-state index contributed by atoms with van der Waals surface area (Å²) in [6, 6.07) is 4.82. The van der Waals surface area contributed by atoms with Gasteiger partial charge in [0.25, 0.3) is 0 Å². The molecule has 1 aromatic heterocycles. The molecule has 27 heavy (non-hydrogen) atoms. The molecule has 0 unspecified atom stereocenters. The number of hydrogen-bond acceptors (Lipinski definition) is 2. The zero-order valence-electron chi connectivity index (χ0n) is 16.2. The molecule has 0 bridgehead atoms.